The number of aryl methyl sites for hydroxylation is 1. The average molecular weight is 445 g/mol. The minimum atomic E-state index is -0.192. The maximum atomic E-state index is 13.2. The minimum absolute atomic E-state index is 0.0132. The van der Waals surface area contributed by atoms with Crippen LogP contribution in [-0.4, -0.2) is 51.3 Å². The zero-order valence-corrected chi connectivity index (χ0v) is 18.6. The molecule has 2 aromatic heterocycles. The predicted molar refractivity (Wildman–Crippen MR) is 119 cm³/mol. The lowest BCUT2D eigenvalue weighted by atomic mass is 10.2. The number of thiazole rings is 1. The van der Waals surface area contributed by atoms with Crippen LogP contribution in [0.1, 0.15) is 29.2 Å². The molecule has 1 aliphatic heterocycles. The van der Waals surface area contributed by atoms with Crippen molar-refractivity contribution in [2.45, 2.75) is 43.2 Å². The SMILES string of the molecule is CSc1nc(C)c(CC(=O)N(Cc2nc3ccccc3c(=O)[nH]2)CC2CCCO2)s1. The van der Waals surface area contributed by atoms with E-state index in [0.717, 1.165) is 34.4 Å². The number of thioether (sulfide) groups is 1. The fourth-order valence-electron chi connectivity index (χ4n) is 3.58. The molecule has 1 atom stereocenters. The molecular formula is C21H24N4O3S2. The molecule has 1 fully saturated rings. The molecular weight excluding hydrogens is 420 g/mol. The zero-order chi connectivity index (χ0) is 21.1. The highest BCUT2D eigenvalue weighted by Gasteiger charge is 2.25. The van der Waals surface area contributed by atoms with E-state index in [1.807, 2.05) is 31.4 Å². The minimum Gasteiger partial charge on any atom is -0.376 e. The maximum Gasteiger partial charge on any atom is 0.258 e. The number of para-hydroxylation sites is 1. The first-order valence-corrected chi connectivity index (χ1v) is 11.9. The van der Waals surface area contributed by atoms with Crippen LogP contribution in [0, 0.1) is 6.92 Å². The van der Waals surface area contributed by atoms with E-state index in [9.17, 15) is 9.59 Å². The van der Waals surface area contributed by atoms with Gasteiger partial charge >= 0.3 is 0 Å². The lowest BCUT2D eigenvalue weighted by Gasteiger charge is -2.25. The van der Waals surface area contributed by atoms with Gasteiger partial charge in [0.25, 0.3) is 5.56 Å². The highest BCUT2D eigenvalue weighted by molar-refractivity contribution is 8.00. The molecule has 1 saturated heterocycles. The van der Waals surface area contributed by atoms with Gasteiger partial charge in [0.2, 0.25) is 5.91 Å². The number of hydrogen-bond donors (Lipinski definition) is 1. The molecule has 158 valence electrons. The van der Waals surface area contributed by atoms with Gasteiger partial charge in [-0.15, -0.1) is 11.3 Å². The number of aromatic amines is 1. The van der Waals surface area contributed by atoms with E-state index in [1.165, 1.54) is 0 Å². The second kappa shape index (κ2) is 9.28. The molecule has 0 aliphatic carbocycles. The Bertz CT molecular complexity index is 1110. The fraction of sp³-hybridized carbons (Fsp3) is 0.429. The number of aromatic nitrogens is 3. The number of hydrogen-bond acceptors (Lipinski definition) is 7. The molecule has 4 rings (SSSR count). The van der Waals surface area contributed by atoms with Crippen LogP contribution in [0.2, 0.25) is 0 Å². The first-order valence-electron chi connectivity index (χ1n) is 9.91. The third-order valence-corrected chi connectivity index (χ3v) is 7.31. The van der Waals surface area contributed by atoms with E-state index in [2.05, 4.69) is 15.0 Å². The highest BCUT2D eigenvalue weighted by atomic mass is 32.2. The van der Waals surface area contributed by atoms with Crippen molar-refractivity contribution in [1.82, 2.24) is 19.9 Å². The van der Waals surface area contributed by atoms with Gasteiger partial charge in [0.1, 0.15) is 10.2 Å². The normalized spacial score (nSPS) is 16.3. The molecule has 1 unspecified atom stereocenters. The highest BCUT2D eigenvalue weighted by Crippen LogP contribution is 2.26. The summed E-state index contributed by atoms with van der Waals surface area (Å²) in [5, 5.41) is 0.545. The average Bonchev–Trinajstić information content (AvgIpc) is 3.37. The molecule has 9 heteroatoms. The van der Waals surface area contributed by atoms with Gasteiger partial charge in [-0.1, -0.05) is 23.9 Å². The topological polar surface area (TPSA) is 88.2 Å². The first-order chi connectivity index (χ1) is 14.5. The number of amides is 1. The first kappa shape index (κ1) is 21.0. The number of fused-ring (bicyclic) bond motifs is 1. The molecule has 1 aromatic carbocycles. The van der Waals surface area contributed by atoms with Gasteiger partial charge in [-0.05, 0) is 38.2 Å². The van der Waals surface area contributed by atoms with Gasteiger partial charge in [-0.3, -0.25) is 9.59 Å². The van der Waals surface area contributed by atoms with Gasteiger partial charge in [0, 0.05) is 18.0 Å². The molecule has 0 radical (unpaired) electrons. The van der Waals surface area contributed by atoms with E-state index in [1.54, 1.807) is 34.1 Å². The predicted octanol–water partition coefficient (Wildman–Crippen LogP) is 3.16. The Morgan fingerprint density at radius 2 is 2.20 bits per heavy atom. The molecule has 30 heavy (non-hydrogen) atoms. The Kier molecular flexibility index (Phi) is 6.50. The third kappa shape index (κ3) is 4.74. The van der Waals surface area contributed by atoms with Crippen molar-refractivity contribution in [2.24, 2.45) is 0 Å². The number of carbonyl (C=O) groups excluding carboxylic acids is 1. The van der Waals surface area contributed by atoms with Crippen molar-refractivity contribution in [3.05, 3.63) is 51.0 Å². The zero-order valence-electron chi connectivity index (χ0n) is 17.0. The molecule has 0 spiro atoms. The van der Waals surface area contributed by atoms with E-state index >= 15 is 0 Å². The van der Waals surface area contributed by atoms with Gasteiger partial charge in [0.15, 0.2) is 0 Å². The molecule has 0 saturated carbocycles. The smallest absolute Gasteiger partial charge is 0.258 e. The van der Waals surface area contributed by atoms with Crippen LogP contribution < -0.4 is 5.56 Å². The molecule has 0 bridgehead atoms. The van der Waals surface area contributed by atoms with Crippen LogP contribution in [0.15, 0.2) is 33.4 Å². The number of rotatable bonds is 7. The molecule has 7 nitrogen and oxygen atoms in total. The van der Waals surface area contributed by atoms with Crippen molar-refractivity contribution in [1.29, 1.82) is 0 Å². The standard InChI is InChI=1S/C21H24N4O3S2/c1-13-17(30-21(22-13)29-2)10-19(26)25(11-14-6-5-9-28-14)12-18-23-16-8-4-3-7-15(16)20(27)24-18/h3-4,7-8,14H,5-6,9-12H2,1-2H3,(H,23,24,27). The summed E-state index contributed by atoms with van der Waals surface area (Å²) < 4.78 is 6.72. The maximum absolute atomic E-state index is 13.2. The summed E-state index contributed by atoms with van der Waals surface area (Å²) in [5.74, 6) is 0.469. The molecule has 3 heterocycles. The Hall–Kier alpha value is -2.23. The monoisotopic (exact) mass is 444 g/mol. The van der Waals surface area contributed by atoms with E-state index < -0.39 is 0 Å². The van der Waals surface area contributed by atoms with E-state index in [-0.39, 0.29) is 30.5 Å². The van der Waals surface area contributed by atoms with Crippen molar-refractivity contribution in [3.63, 3.8) is 0 Å². The lowest BCUT2D eigenvalue weighted by molar-refractivity contribution is -0.132. The van der Waals surface area contributed by atoms with E-state index in [0.29, 0.717) is 23.3 Å². The van der Waals surface area contributed by atoms with Crippen LogP contribution in [0.25, 0.3) is 10.9 Å². The van der Waals surface area contributed by atoms with Crippen molar-refractivity contribution < 1.29 is 9.53 Å². The van der Waals surface area contributed by atoms with Crippen molar-refractivity contribution >= 4 is 39.9 Å². The third-order valence-electron chi connectivity index (χ3n) is 5.16. The van der Waals surface area contributed by atoms with Gasteiger partial charge < -0.3 is 14.6 Å². The lowest BCUT2D eigenvalue weighted by Crippen LogP contribution is -2.38. The molecule has 1 N–H and O–H groups in total. The molecule has 1 aliphatic rings. The fourth-order valence-corrected chi connectivity index (χ4v) is 5.23. The number of nitrogens with zero attached hydrogens (tertiary/aromatic N) is 3. The number of ether oxygens (including phenoxy) is 1. The van der Waals surface area contributed by atoms with Crippen LogP contribution in [-0.2, 0) is 22.5 Å². The van der Waals surface area contributed by atoms with Crippen molar-refractivity contribution in [3.8, 4) is 0 Å². The summed E-state index contributed by atoms with van der Waals surface area (Å²) >= 11 is 3.14. The Balaban J connectivity index is 1.58. The summed E-state index contributed by atoms with van der Waals surface area (Å²) in [7, 11) is 0. The number of carbonyl (C=O) groups is 1. The second-order valence-electron chi connectivity index (χ2n) is 7.31. The second-order valence-corrected chi connectivity index (χ2v) is 9.45. The van der Waals surface area contributed by atoms with Gasteiger partial charge in [0.05, 0.1) is 35.7 Å². The van der Waals surface area contributed by atoms with Crippen LogP contribution in [0.4, 0.5) is 0 Å². The van der Waals surface area contributed by atoms with Gasteiger partial charge in [-0.2, -0.15) is 0 Å². The summed E-state index contributed by atoms with van der Waals surface area (Å²) in [6, 6.07) is 7.22. The van der Waals surface area contributed by atoms with Crippen LogP contribution in [0.5, 0.6) is 0 Å². The summed E-state index contributed by atoms with van der Waals surface area (Å²) in [4.78, 5) is 40.3. The Morgan fingerprint density at radius 3 is 2.93 bits per heavy atom. The number of H-pyrrole nitrogens is 1. The Morgan fingerprint density at radius 1 is 1.37 bits per heavy atom. The Labute approximate surface area is 182 Å². The largest absolute Gasteiger partial charge is 0.376 e. The number of nitrogens with one attached hydrogen (secondary N) is 1. The van der Waals surface area contributed by atoms with Gasteiger partial charge in [-0.25, -0.2) is 9.97 Å². The van der Waals surface area contributed by atoms with Crippen molar-refractivity contribution in [2.75, 3.05) is 19.4 Å². The summed E-state index contributed by atoms with van der Waals surface area (Å²) in [6.07, 6.45) is 4.22. The van der Waals surface area contributed by atoms with E-state index in [4.69, 9.17) is 4.74 Å². The summed E-state index contributed by atoms with van der Waals surface area (Å²) in [5.41, 5.74) is 1.33. The number of benzene rings is 1. The van der Waals surface area contributed by atoms with Crippen LogP contribution in [0.3, 0.4) is 0 Å². The quantitative estimate of drug-likeness (QED) is 0.563. The molecule has 1 amide bonds. The molecule has 3 aromatic rings. The summed E-state index contributed by atoms with van der Waals surface area (Å²) in [6.45, 7) is 3.39. The van der Waals surface area contributed by atoms with Crippen LogP contribution >= 0.6 is 23.1 Å².